The lowest BCUT2D eigenvalue weighted by atomic mass is 9.87. The predicted octanol–water partition coefficient (Wildman–Crippen LogP) is 7.37. The van der Waals surface area contributed by atoms with Gasteiger partial charge in [0.2, 0.25) is 3.79 Å². The van der Waals surface area contributed by atoms with Gasteiger partial charge in [0.25, 0.3) is 0 Å². The summed E-state index contributed by atoms with van der Waals surface area (Å²) >= 11 is 23.2. The first-order valence-corrected chi connectivity index (χ1v) is 12.1. The number of hydrogen-bond donors (Lipinski definition) is 0. The smallest absolute Gasteiger partial charge is 0.409 e. The fourth-order valence-corrected chi connectivity index (χ4v) is 4.40. The van der Waals surface area contributed by atoms with E-state index in [0.717, 1.165) is 16.5 Å². The Bertz CT molecular complexity index is 1100. The van der Waals surface area contributed by atoms with Gasteiger partial charge in [0.05, 0.1) is 19.3 Å². The highest BCUT2D eigenvalue weighted by Gasteiger charge is 2.35. The SMILES string of the molecule is O=C(OCC(Cl)(Cl)Cl)N1CCC(c2ccc(Cl)cc2)C(OCc2ccc3ccccc3c2)C1. The van der Waals surface area contributed by atoms with Crippen molar-refractivity contribution in [3.8, 4) is 0 Å². The van der Waals surface area contributed by atoms with Gasteiger partial charge in [-0.25, -0.2) is 4.79 Å². The molecule has 1 amide bonds. The Balaban J connectivity index is 1.49. The third-order valence-electron chi connectivity index (χ3n) is 5.75. The normalized spacial score (nSPS) is 19.0. The van der Waals surface area contributed by atoms with Gasteiger partial charge < -0.3 is 14.4 Å². The van der Waals surface area contributed by atoms with E-state index < -0.39 is 9.89 Å². The topological polar surface area (TPSA) is 38.8 Å². The largest absolute Gasteiger partial charge is 0.445 e. The lowest BCUT2D eigenvalue weighted by Crippen LogP contribution is -2.47. The van der Waals surface area contributed by atoms with Crippen molar-refractivity contribution in [2.75, 3.05) is 19.7 Å². The van der Waals surface area contributed by atoms with Crippen LogP contribution in [-0.2, 0) is 16.1 Å². The second-order valence-electron chi connectivity index (χ2n) is 8.09. The highest BCUT2D eigenvalue weighted by atomic mass is 35.6. The molecule has 1 fully saturated rings. The van der Waals surface area contributed by atoms with E-state index in [-0.39, 0.29) is 18.6 Å². The van der Waals surface area contributed by atoms with Crippen LogP contribution >= 0.6 is 46.4 Å². The number of piperidine rings is 1. The number of amides is 1. The minimum atomic E-state index is -1.65. The van der Waals surface area contributed by atoms with Crippen LogP contribution in [0.2, 0.25) is 5.02 Å². The lowest BCUT2D eigenvalue weighted by molar-refractivity contribution is -0.0236. The average Bonchev–Trinajstić information content (AvgIpc) is 2.81. The molecule has 8 heteroatoms. The molecule has 4 rings (SSSR count). The maximum atomic E-state index is 12.6. The number of nitrogens with zero attached hydrogens (tertiary/aromatic N) is 1. The van der Waals surface area contributed by atoms with Crippen LogP contribution in [0.3, 0.4) is 0 Å². The second kappa shape index (κ2) is 10.7. The van der Waals surface area contributed by atoms with Gasteiger partial charge in [-0.05, 0) is 46.5 Å². The molecule has 1 aliphatic rings. The second-order valence-corrected chi connectivity index (χ2v) is 11.0. The first-order valence-electron chi connectivity index (χ1n) is 10.6. The van der Waals surface area contributed by atoms with Gasteiger partial charge in [-0.3, -0.25) is 0 Å². The standard InChI is InChI=1S/C25H23Cl4NO3/c26-21-9-7-19(8-10-21)22-11-12-30(24(31)33-16-25(27,28)29)14-23(22)32-15-17-5-6-18-3-1-2-4-20(18)13-17/h1-10,13,22-23H,11-12,14-16H2. The monoisotopic (exact) mass is 525 g/mol. The van der Waals surface area contributed by atoms with Crippen LogP contribution in [-0.4, -0.2) is 40.6 Å². The molecular formula is C25H23Cl4NO3. The number of fused-ring (bicyclic) bond motifs is 1. The molecule has 2 atom stereocenters. The van der Waals surface area contributed by atoms with Crippen LogP contribution in [0.25, 0.3) is 10.8 Å². The minimum Gasteiger partial charge on any atom is -0.445 e. The van der Waals surface area contributed by atoms with Gasteiger partial charge in [-0.15, -0.1) is 0 Å². The fraction of sp³-hybridized carbons (Fsp3) is 0.320. The van der Waals surface area contributed by atoms with E-state index in [2.05, 4.69) is 30.3 Å². The molecule has 0 saturated carbocycles. The molecule has 0 N–H and O–H groups in total. The van der Waals surface area contributed by atoms with E-state index in [9.17, 15) is 4.79 Å². The summed E-state index contributed by atoms with van der Waals surface area (Å²) in [6.07, 6.45) is -0.0331. The first kappa shape index (κ1) is 24.4. The van der Waals surface area contributed by atoms with Gasteiger partial charge in [-0.2, -0.15) is 0 Å². The molecule has 33 heavy (non-hydrogen) atoms. The van der Waals surface area contributed by atoms with Gasteiger partial charge in [0.1, 0.15) is 6.61 Å². The van der Waals surface area contributed by atoms with Crippen molar-refractivity contribution in [3.05, 3.63) is 82.9 Å². The number of alkyl halides is 3. The molecule has 1 aliphatic heterocycles. The van der Waals surface area contributed by atoms with Crippen LogP contribution in [0.5, 0.6) is 0 Å². The van der Waals surface area contributed by atoms with Crippen LogP contribution in [0.15, 0.2) is 66.7 Å². The van der Waals surface area contributed by atoms with Crippen molar-refractivity contribution in [2.45, 2.75) is 28.8 Å². The Morgan fingerprint density at radius 3 is 2.45 bits per heavy atom. The number of rotatable bonds is 5. The molecule has 3 aromatic rings. The van der Waals surface area contributed by atoms with Crippen molar-refractivity contribution < 1.29 is 14.3 Å². The maximum absolute atomic E-state index is 12.6. The molecule has 0 aliphatic carbocycles. The molecule has 0 spiro atoms. The summed E-state index contributed by atoms with van der Waals surface area (Å²) in [4.78, 5) is 14.2. The van der Waals surface area contributed by atoms with Crippen molar-refractivity contribution >= 4 is 63.3 Å². The molecular weight excluding hydrogens is 504 g/mol. The van der Waals surface area contributed by atoms with Crippen molar-refractivity contribution in [2.24, 2.45) is 0 Å². The molecule has 1 heterocycles. The Hall–Kier alpha value is -1.69. The number of likely N-dealkylation sites (tertiary alicyclic amines) is 1. The van der Waals surface area contributed by atoms with E-state index in [1.54, 1.807) is 4.90 Å². The zero-order chi connectivity index (χ0) is 23.4. The predicted molar refractivity (Wildman–Crippen MR) is 135 cm³/mol. The van der Waals surface area contributed by atoms with Crippen molar-refractivity contribution in [3.63, 3.8) is 0 Å². The summed E-state index contributed by atoms with van der Waals surface area (Å²) in [6, 6.07) is 22.3. The van der Waals surface area contributed by atoms with E-state index >= 15 is 0 Å². The first-order chi connectivity index (χ1) is 15.8. The quantitative estimate of drug-likeness (QED) is 0.325. The number of benzene rings is 3. The molecule has 0 aromatic heterocycles. The van der Waals surface area contributed by atoms with E-state index in [0.29, 0.717) is 31.1 Å². The van der Waals surface area contributed by atoms with Crippen LogP contribution in [0.1, 0.15) is 23.5 Å². The van der Waals surface area contributed by atoms with E-state index in [1.165, 1.54) is 5.39 Å². The van der Waals surface area contributed by atoms with E-state index in [4.69, 9.17) is 55.9 Å². The summed E-state index contributed by atoms with van der Waals surface area (Å²) in [6.45, 7) is 1.01. The fourth-order valence-electron chi connectivity index (χ4n) is 4.11. The van der Waals surface area contributed by atoms with Gasteiger partial charge in [0, 0.05) is 17.5 Å². The highest BCUT2D eigenvalue weighted by Crippen LogP contribution is 2.33. The van der Waals surface area contributed by atoms with Crippen molar-refractivity contribution in [1.82, 2.24) is 4.90 Å². The number of ether oxygens (including phenoxy) is 2. The number of hydrogen-bond acceptors (Lipinski definition) is 3. The lowest BCUT2D eigenvalue weighted by Gasteiger charge is -2.38. The zero-order valence-electron chi connectivity index (χ0n) is 17.7. The van der Waals surface area contributed by atoms with Gasteiger partial charge in [-0.1, -0.05) is 94.9 Å². The number of carbonyl (C=O) groups excluding carboxylic acids is 1. The van der Waals surface area contributed by atoms with Crippen LogP contribution in [0.4, 0.5) is 4.79 Å². The maximum Gasteiger partial charge on any atom is 0.409 e. The van der Waals surface area contributed by atoms with Gasteiger partial charge >= 0.3 is 6.09 Å². The number of halogens is 4. The average molecular weight is 527 g/mol. The zero-order valence-corrected chi connectivity index (χ0v) is 20.7. The summed E-state index contributed by atoms with van der Waals surface area (Å²) in [5.41, 5.74) is 2.19. The summed E-state index contributed by atoms with van der Waals surface area (Å²) in [7, 11) is 0. The Kier molecular flexibility index (Phi) is 7.93. The van der Waals surface area contributed by atoms with Crippen LogP contribution < -0.4 is 0 Å². The molecule has 0 radical (unpaired) electrons. The Morgan fingerprint density at radius 1 is 1.00 bits per heavy atom. The molecule has 2 unspecified atom stereocenters. The van der Waals surface area contributed by atoms with Gasteiger partial charge in [0.15, 0.2) is 0 Å². The molecule has 174 valence electrons. The highest BCUT2D eigenvalue weighted by molar-refractivity contribution is 6.67. The van der Waals surface area contributed by atoms with Crippen molar-refractivity contribution in [1.29, 1.82) is 0 Å². The molecule has 0 bridgehead atoms. The molecule has 1 saturated heterocycles. The summed E-state index contributed by atoms with van der Waals surface area (Å²) in [5.74, 6) is 0.111. The third-order valence-corrected chi connectivity index (χ3v) is 6.33. The van der Waals surface area contributed by atoms with Crippen LogP contribution in [0, 0.1) is 0 Å². The molecule has 3 aromatic carbocycles. The molecule has 4 nitrogen and oxygen atoms in total. The summed E-state index contributed by atoms with van der Waals surface area (Å²) < 4.78 is 9.91. The Morgan fingerprint density at radius 2 is 1.73 bits per heavy atom. The Labute approximate surface area is 213 Å². The minimum absolute atomic E-state index is 0.111. The third kappa shape index (κ3) is 6.68. The summed E-state index contributed by atoms with van der Waals surface area (Å²) in [5, 5.41) is 3.02. The number of carbonyl (C=O) groups is 1. The van der Waals surface area contributed by atoms with E-state index in [1.807, 2.05) is 36.4 Å².